The van der Waals surface area contributed by atoms with Crippen LogP contribution in [0.3, 0.4) is 0 Å². The van der Waals surface area contributed by atoms with Crippen molar-refractivity contribution in [2.45, 2.75) is 24.0 Å². The number of aliphatic hydroxyl groups is 1. The van der Waals surface area contributed by atoms with Gasteiger partial charge in [0.15, 0.2) is 17.5 Å². The predicted molar refractivity (Wildman–Crippen MR) is 148 cm³/mol. The van der Waals surface area contributed by atoms with Crippen LogP contribution in [0.15, 0.2) is 71.6 Å². The second kappa shape index (κ2) is 15.1. The van der Waals surface area contributed by atoms with Crippen molar-refractivity contribution in [1.82, 2.24) is 9.21 Å². The molecule has 0 amide bonds. The van der Waals surface area contributed by atoms with E-state index in [1.54, 1.807) is 0 Å². The number of carbonyl (C=O) groups is 2. The van der Waals surface area contributed by atoms with Gasteiger partial charge in [0.1, 0.15) is 11.0 Å². The lowest BCUT2D eigenvalue weighted by Crippen LogP contribution is -2.50. The number of rotatable bonds is 9. The van der Waals surface area contributed by atoms with Crippen LogP contribution >= 0.6 is 0 Å². The summed E-state index contributed by atoms with van der Waals surface area (Å²) in [6, 6.07) is 19.0. The Morgan fingerprint density at radius 1 is 0.860 bits per heavy atom. The minimum atomic E-state index is -4.33. The number of hydrogen-bond donors (Lipinski definition) is 3. The lowest BCUT2D eigenvalue weighted by Gasteiger charge is -2.35. The fraction of sp³-hybridized carbons (Fsp3) is 0.310. The molecular formula is C29H31F3N2O8S. The van der Waals surface area contributed by atoms with Crippen molar-refractivity contribution in [1.29, 1.82) is 0 Å². The van der Waals surface area contributed by atoms with Gasteiger partial charge in [-0.1, -0.05) is 54.6 Å². The molecule has 1 fully saturated rings. The van der Waals surface area contributed by atoms with Crippen LogP contribution in [0.1, 0.15) is 22.8 Å². The number of aliphatic carboxylic acids is 2. The van der Waals surface area contributed by atoms with Crippen LogP contribution in [-0.2, 0) is 24.3 Å². The fourth-order valence-electron chi connectivity index (χ4n) is 4.43. The topological polar surface area (TPSA) is 145 Å². The van der Waals surface area contributed by atoms with E-state index in [1.165, 1.54) is 0 Å². The second-order valence-corrected chi connectivity index (χ2v) is 11.5. The normalized spacial score (nSPS) is 15.7. The molecule has 0 saturated carbocycles. The molecular weight excluding hydrogens is 593 g/mol. The van der Waals surface area contributed by atoms with E-state index in [0.717, 1.165) is 27.1 Å². The molecule has 1 heterocycles. The van der Waals surface area contributed by atoms with Gasteiger partial charge in [0.05, 0.1) is 12.7 Å². The van der Waals surface area contributed by atoms with Gasteiger partial charge < -0.3 is 20.1 Å². The summed E-state index contributed by atoms with van der Waals surface area (Å²) in [6.07, 6.45) is -1.19. The highest BCUT2D eigenvalue weighted by Crippen LogP contribution is 2.29. The third kappa shape index (κ3) is 8.84. The van der Waals surface area contributed by atoms with Crippen molar-refractivity contribution in [3.63, 3.8) is 0 Å². The molecule has 3 aromatic rings. The fourth-order valence-corrected chi connectivity index (χ4v) is 5.91. The first kappa shape index (κ1) is 33.7. The van der Waals surface area contributed by atoms with E-state index in [1.807, 2.05) is 66.4 Å². The molecule has 2 unspecified atom stereocenters. The zero-order valence-corrected chi connectivity index (χ0v) is 23.9. The molecule has 1 saturated heterocycles. The van der Waals surface area contributed by atoms with Gasteiger partial charge in [-0.15, -0.1) is 0 Å². The maximum atomic E-state index is 14.1. The minimum Gasteiger partial charge on any atom is -0.473 e. The van der Waals surface area contributed by atoms with Gasteiger partial charge in [-0.05, 0) is 35.7 Å². The number of piperazine rings is 1. The monoisotopic (exact) mass is 624 g/mol. The number of hydrogen-bond acceptors (Lipinski definition) is 7. The number of benzene rings is 3. The van der Waals surface area contributed by atoms with E-state index in [9.17, 15) is 26.7 Å². The number of carboxylic acid groups (broad SMARTS) is 2. The van der Waals surface area contributed by atoms with Crippen LogP contribution in [0.25, 0.3) is 0 Å². The summed E-state index contributed by atoms with van der Waals surface area (Å²) in [6.45, 7) is 2.91. The van der Waals surface area contributed by atoms with E-state index < -0.39 is 50.4 Å². The SMILES string of the molecule is Cc1ccccc1C(OCC(O)CN1CCN(S(=O)(=O)c2ccc(F)c(F)c2F)CC1)c1ccccc1.O=C(O)C(=O)O. The van der Waals surface area contributed by atoms with E-state index in [4.69, 9.17) is 24.5 Å². The second-order valence-electron chi connectivity index (χ2n) is 9.62. The van der Waals surface area contributed by atoms with Crippen molar-refractivity contribution in [2.24, 2.45) is 0 Å². The number of aliphatic hydroxyl groups excluding tert-OH is 1. The molecule has 1 aliphatic rings. The Bertz CT molecular complexity index is 1510. The Morgan fingerprint density at radius 2 is 1.44 bits per heavy atom. The molecule has 14 heteroatoms. The highest BCUT2D eigenvalue weighted by Gasteiger charge is 2.33. The number of carboxylic acids is 2. The van der Waals surface area contributed by atoms with E-state index >= 15 is 0 Å². The number of sulfonamides is 1. The van der Waals surface area contributed by atoms with Crippen molar-refractivity contribution in [3.8, 4) is 0 Å². The summed E-state index contributed by atoms with van der Waals surface area (Å²) in [5.74, 6) is -8.64. The van der Waals surface area contributed by atoms with Crippen LogP contribution in [0.2, 0.25) is 0 Å². The Balaban J connectivity index is 0.000000765. The summed E-state index contributed by atoms with van der Waals surface area (Å²) < 4.78 is 73.7. The highest BCUT2D eigenvalue weighted by molar-refractivity contribution is 7.89. The van der Waals surface area contributed by atoms with Crippen LogP contribution in [0, 0.1) is 24.4 Å². The smallest absolute Gasteiger partial charge is 0.414 e. The van der Waals surface area contributed by atoms with E-state index in [2.05, 4.69) is 0 Å². The lowest BCUT2D eigenvalue weighted by molar-refractivity contribution is -0.159. The van der Waals surface area contributed by atoms with Crippen molar-refractivity contribution in [3.05, 3.63) is 101 Å². The molecule has 10 nitrogen and oxygen atoms in total. The third-order valence-corrected chi connectivity index (χ3v) is 8.55. The Morgan fingerprint density at radius 3 is 2.02 bits per heavy atom. The van der Waals surface area contributed by atoms with Gasteiger partial charge in [0, 0.05) is 32.7 Å². The largest absolute Gasteiger partial charge is 0.473 e. The van der Waals surface area contributed by atoms with Gasteiger partial charge in [0.2, 0.25) is 10.0 Å². The lowest BCUT2D eigenvalue weighted by atomic mass is 9.97. The molecule has 0 aliphatic carbocycles. The van der Waals surface area contributed by atoms with Crippen molar-refractivity contribution >= 4 is 22.0 Å². The summed E-state index contributed by atoms with van der Waals surface area (Å²) >= 11 is 0. The van der Waals surface area contributed by atoms with Gasteiger partial charge in [-0.2, -0.15) is 4.31 Å². The number of β-amino-alcohol motifs (C(OH)–C–C–N with tert-alkyl or cyclic N) is 1. The maximum Gasteiger partial charge on any atom is 0.414 e. The molecule has 43 heavy (non-hydrogen) atoms. The number of nitrogens with zero attached hydrogens (tertiary/aromatic N) is 2. The Hall–Kier alpha value is -3.82. The van der Waals surface area contributed by atoms with E-state index in [0.29, 0.717) is 6.07 Å². The van der Waals surface area contributed by atoms with Crippen molar-refractivity contribution < 1.29 is 51.2 Å². The predicted octanol–water partition coefficient (Wildman–Crippen LogP) is 3.04. The molecule has 0 bridgehead atoms. The molecule has 0 aromatic heterocycles. The standard InChI is InChI=1S/C27H29F3N2O4S.C2H2O4/c1-19-7-5-6-10-22(19)27(20-8-3-2-4-9-20)36-18-21(33)17-31-13-15-32(16-14-31)37(34,35)24-12-11-23(28)25(29)26(24)30;3-1(4)2(5)6/h2-12,21,27,33H,13-18H2,1H3;(H,3,4)(H,5,6). The third-order valence-electron chi connectivity index (χ3n) is 6.63. The zero-order chi connectivity index (χ0) is 31.7. The molecule has 232 valence electrons. The molecule has 2 atom stereocenters. The number of ether oxygens (including phenoxy) is 1. The first-order valence-corrected chi connectivity index (χ1v) is 14.5. The number of halogens is 3. The Kier molecular flexibility index (Phi) is 11.8. The maximum absolute atomic E-state index is 14.1. The average Bonchev–Trinajstić information content (AvgIpc) is 2.98. The van der Waals surface area contributed by atoms with Gasteiger partial charge in [-0.25, -0.2) is 31.2 Å². The first-order valence-electron chi connectivity index (χ1n) is 13.0. The first-order chi connectivity index (χ1) is 20.3. The van der Waals surface area contributed by atoms with E-state index in [-0.39, 0.29) is 45.4 Å². The van der Waals surface area contributed by atoms with Gasteiger partial charge in [0.25, 0.3) is 0 Å². The summed E-state index contributed by atoms with van der Waals surface area (Å²) in [5.41, 5.74) is 3.04. The van der Waals surface area contributed by atoms with Crippen LogP contribution in [0.5, 0.6) is 0 Å². The summed E-state index contributed by atoms with van der Waals surface area (Å²) in [5, 5.41) is 25.5. The van der Waals surface area contributed by atoms with Crippen LogP contribution < -0.4 is 0 Å². The molecule has 4 rings (SSSR count). The molecule has 0 spiro atoms. The van der Waals surface area contributed by atoms with Crippen LogP contribution in [-0.4, -0.2) is 90.3 Å². The summed E-state index contributed by atoms with van der Waals surface area (Å²) in [7, 11) is -4.33. The molecule has 0 radical (unpaired) electrons. The minimum absolute atomic E-state index is 0.0181. The van der Waals surface area contributed by atoms with Crippen LogP contribution in [0.4, 0.5) is 13.2 Å². The van der Waals surface area contributed by atoms with Gasteiger partial charge in [-0.3, -0.25) is 4.90 Å². The zero-order valence-electron chi connectivity index (χ0n) is 23.1. The van der Waals surface area contributed by atoms with Gasteiger partial charge >= 0.3 is 11.9 Å². The van der Waals surface area contributed by atoms with Crippen molar-refractivity contribution in [2.75, 3.05) is 39.3 Å². The summed E-state index contributed by atoms with van der Waals surface area (Å²) in [4.78, 5) is 19.2. The quantitative estimate of drug-likeness (QED) is 0.242. The molecule has 3 aromatic carbocycles. The molecule has 3 N–H and O–H groups in total. The number of aryl methyl sites for hydroxylation is 1. The Labute approximate surface area is 246 Å². The highest BCUT2D eigenvalue weighted by atomic mass is 32.2. The average molecular weight is 625 g/mol. The molecule has 1 aliphatic heterocycles.